The van der Waals surface area contributed by atoms with Crippen LogP contribution in [0.4, 0.5) is 0 Å². The molecule has 0 atom stereocenters. The number of amides is 1. The molecule has 0 radical (unpaired) electrons. The molecule has 0 N–H and O–H groups in total. The fourth-order valence-electron chi connectivity index (χ4n) is 2.60. The Kier molecular flexibility index (Phi) is 2.48. The third-order valence-electron chi connectivity index (χ3n) is 3.83. The standard InChI is InChI=1S/C14H15N3OS/c18-14(13-2-1-7-19-13)16-5-6-17-11(9-16)8-12(15-17)10-3-4-10/h1-2,7-8,10H,3-6,9H2. The van der Waals surface area contributed by atoms with Gasteiger partial charge in [0, 0.05) is 12.5 Å². The number of hydrogen-bond acceptors (Lipinski definition) is 3. The Balaban J connectivity index is 1.56. The number of carbonyl (C=O) groups is 1. The van der Waals surface area contributed by atoms with Gasteiger partial charge in [-0.1, -0.05) is 6.07 Å². The van der Waals surface area contributed by atoms with Crippen molar-refractivity contribution < 1.29 is 4.79 Å². The van der Waals surface area contributed by atoms with Crippen molar-refractivity contribution in [1.29, 1.82) is 0 Å². The van der Waals surface area contributed by atoms with Crippen LogP contribution in [-0.4, -0.2) is 27.1 Å². The molecule has 4 rings (SSSR count). The molecule has 1 aliphatic carbocycles. The number of fused-ring (bicyclic) bond motifs is 1. The van der Waals surface area contributed by atoms with E-state index in [1.54, 1.807) is 0 Å². The summed E-state index contributed by atoms with van der Waals surface area (Å²) in [5, 5.41) is 6.60. The second-order valence-electron chi connectivity index (χ2n) is 5.26. The molecule has 2 aromatic heterocycles. The van der Waals surface area contributed by atoms with Gasteiger partial charge in [-0.15, -0.1) is 11.3 Å². The van der Waals surface area contributed by atoms with Crippen molar-refractivity contribution in [2.24, 2.45) is 0 Å². The molecule has 1 saturated carbocycles. The number of aromatic nitrogens is 2. The maximum Gasteiger partial charge on any atom is 0.264 e. The van der Waals surface area contributed by atoms with Gasteiger partial charge in [0.25, 0.3) is 5.91 Å². The zero-order valence-corrected chi connectivity index (χ0v) is 11.4. The molecular formula is C14H15N3OS. The maximum absolute atomic E-state index is 12.3. The normalized spacial score (nSPS) is 18.4. The van der Waals surface area contributed by atoms with Gasteiger partial charge >= 0.3 is 0 Å². The van der Waals surface area contributed by atoms with Crippen molar-refractivity contribution in [2.45, 2.75) is 31.8 Å². The zero-order valence-electron chi connectivity index (χ0n) is 10.6. The second kappa shape index (κ2) is 4.20. The van der Waals surface area contributed by atoms with Crippen molar-refractivity contribution >= 4 is 17.2 Å². The lowest BCUT2D eigenvalue weighted by Gasteiger charge is -2.27. The summed E-state index contributed by atoms with van der Waals surface area (Å²) in [5.74, 6) is 0.829. The van der Waals surface area contributed by atoms with Crippen molar-refractivity contribution in [3.8, 4) is 0 Å². The van der Waals surface area contributed by atoms with Crippen molar-refractivity contribution in [3.05, 3.63) is 39.8 Å². The Bertz CT molecular complexity index is 613. The largest absolute Gasteiger partial charge is 0.330 e. The van der Waals surface area contributed by atoms with Crippen LogP contribution >= 0.6 is 11.3 Å². The Morgan fingerprint density at radius 3 is 3.00 bits per heavy atom. The number of thiophene rings is 1. The third kappa shape index (κ3) is 1.98. The molecular weight excluding hydrogens is 258 g/mol. The molecule has 0 saturated heterocycles. The summed E-state index contributed by atoms with van der Waals surface area (Å²) in [4.78, 5) is 15.1. The van der Waals surface area contributed by atoms with E-state index in [4.69, 9.17) is 0 Å². The molecule has 5 heteroatoms. The van der Waals surface area contributed by atoms with E-state index in [2.05, 4.69) is 15.8 Å². The first-order valence-electron chi connectivity index (χ1n) is 6.70. The monoisotopic (exact) mass is 273 g/mol. The third-order valence-corrected chi connectivity index (χ3v) is 4.69. The number of hydrogen-bond donors (Lipinski definition) is 0. The summed E-state index contributed by atoms with van der Waals surface area (Å²) in [6, 6.07) is 6.01. The lowest BCUT2D eigenvalue weighted by atomic mass is 10.2. The van der Waals surface area contributed by atoms with Crippen LogP contribution in [0.15, 0.2) is 23.6 Å². The van der Waals surface area contributed by atoms with E-state index >= 15 is 0 Å². The highest BCUT2D eigenvalue weighted by Gasteiger charge is 2.29. The minimum atomic E-state index is 0.149. The van der Waals surface area contributed by atoms with Crippen molar-refractivity contribution in [3.63, 3.8) is 0 Å². The summed E-state index contributed by atoms with van der Waals surface area (Å²) in [7, 11) is 0. The molecule has 0 aromatic carbocycles. The van der Waals surface area contributed by atoms with Gasteiger partial charge in [-0.3, -0.25) is 9.48 Å². The fourth-order valence-corrected chi connectivity index (χ4v) is 3.29. The molecule has 19 heavy (non-hydrogen) atoms. The van der Waals surface area contributed by atoms with Crippen LogP contribution in [-0.2, 0) is 13.1 Å². The van der Waals surface area contributed by atoms with Gasteiger partial charge in [0.2, 0.25) is 0 Å². The highest BCUT2D eigenvalue weighted by Crippen LogP contribution is 2.39. The topological polar surface area (TPSA) is 38.1 Å². The van der Waals surface area contributed by atoms with Crippen LogP contribution in [0.3, 0.4) is 0 Å². The quantitative estimate of drug-likeness (QED) is 0.843. The molecule has 2 aromatic rings. The number of nitrogens with zero attached hydrogens (tertiary/aromatic N) is 3. The Morgan fingerprint density at radius 1 is 1.37 bits per heavy atom. The minimum absolute atomic E-state index is 0.149. The first-order valence-corrected chi connectivity index (χ1v) is 7.58. The summed E-state index contributed by atoms with van der Waals surface area (Å²) in [6.07, 6.45) is 2.54. The Hall–Kier alpha value is -1.62. The average Bonchev–Trinajstić information content (AvgIpc) is 2.99. The summed E-state index contributed by atoms with van der Waals surface area (Å²) in [5.41, 5.74) is 2.40. The van der Waals surface area contributed by atoms with E-state index in [0.717, 1.165) is 18.0 Å². The maximum atomic E-state index is 12.3. The lowest BCUT2D eigenvalue weighted by Crippen LogP contribution is -2.38. The van der Waals surface area contributed by atoms with Gasteiger partial charge in [0.1, 0.15) is 0 Å². The number of rotatable bonds is 2. The van der Waals surface area contributed by atoms with Crippen LogP contribution in [0.25, 0.3) is 0 Å². The Labute approximate surface area is 115 Å². The molecule has 0 bridgehead atoms. The van der Waals surface area contributed by atoms with Gasteiger partial charge in [-0.25, -0.2) is 0 Å². The van der Waals surface area contributed by atoms with E-state index in [-0.39, 0.29) is 5.91 Å². The van der Waals surface area contributed by atoms with Crippen LogP contribution < -0.4 is 0 Å². The molecule has 0 spiro atoms. The van der Waals surface area contributed by atoms with Crippen LogP contribution in [0.2, 0.25) is 0 Å². The lowest BCUT2D eigenvalue weighted by molar-refractivity contribution is 0.0711. The van der Waals surface area contributed by atoms with Crippen molar-refractivity contribution in [1.82, 2.24) is 14.7 Å². The molecule has 4 nitrogen and oxygen atoms in total. The SMILES string of the molecule is O=C(c1cccs1)N1CCn2nc(C3CC3)cc2C1. The molecule has 1 fully saturated rings. The predicted octanol–water partition coefficient (Wildman–Crippen LogP) is 2.48. The fraction of sp³-hybridized carbons (Fsp3) is 0.429. The van der Waals surface area contributed by atoms with E-state index in [1.807, 2.05) is 22.4 Å². The van der Waals surface area contributed by atoms with E-state index in [0.29, 0.717) is 12.5 Å². The average molecular weight is 273 g/mol. The van der Waals surface area contributed by atoms with Gasteiger partial charge in [-0.2, -0.15) is 5.10 Å². The van der Waals surface area contributed by atoms with Gasteiger partial charge in [0.05, 0.1) is 29.4 Å². The van der Waals surface area contributed by atoms with Gasteiger partial charge in [-0.05, 0) is 30.4 Å². The predicted molar refractivity (Wildman–Crippen MR) is 73.3 cm³/mol. The van der Waals surface area contributed by atoms with Gasteiger partial charge < -0.3 is 4.90 Å². The van der Waals surface area contributed by atoms with Crippen LogP contribution in [0.5, 0.6) is 0 Å². The molecule has 0 unspecified atom stereocenters. The zero-order chi connectivity index (χ0) is 12.8. The second-order valence-corrected chi connectivity index (χ2v) is 6.21. The minimum Gasteiger partial charge on any atom is -0.330 e. The van der Waals surface area contributed by atoms with E-state index < -0.39 is 0 Å². The van der Waals surface area contributed by atoms with Crippen LogP contribution in [0, 0.1) is 0 Å². The first-order chi connectivity index (χ1) is 9.31. The van der Waals surface area contributed by atoms with Gasteiger partial charge in [0.15, 0.2) is 0 Å². The van der Waals surface area contributed by atoms with E-state index in [1.165, 1.54) is 35.6 Å². The van der Waals surface area contributed by atoms with Crippen molar-refractivity contribution in [2.75, 3.05) is 6.54 Å². The summed E-state index contributed by atoms with van der Waals surface area (Å²) >= 11 is 1.51. The van der Waals surface area contributed by atoms with E-state index in [9.17, 15) is 4.79 Å². The smallest absolute Gasteiger partial charge is 0.264 e. The highest BCUT2D eigenvalue weighted by molar-refractivity contribution is 7.12. The van der Waals surface area contributed by atoms with Crippen LogP contribution in [0.1, 0.15) is 39.8 Å². The Morgan fingerprint density at radius 2 is 2.26 bits per heavy atom. The molecule has 3 heterocycles. The molecule has 1 amide bonds. The summed E-state index contributed by atoms with van der Waals surface area (Å²) < 4.78 is 2.08. The molecule has 98 valence electrons. The molecule has 1 aliphatic heterocycles. The number of carbonyl (C=O) groups excluding carboxylic acids is 1. The first kappa shape index (κ1) is 11.2. The summed E-state index contributed by atoms with van der Waals surface area (Å²) in [6.45, 7) is 2.27. The molecule has 2 aliphatic rings. The highest BCUT2D eigenvalue weighted by atomic mass is 32.1.